The molecule has 2 N–H and O–H groups in total. The molecule has 27 heavy (non-hydrogen) atoms. The number of amides is 1. The number of primary amides is 1. The summed E-state index contributed by atoms with van der Waals surface area (Å²) in [5, 5.41) is 13.5. The highest BCUT2D eigenvalue weighted by Crippen LogP contribution is 2.26. The Bertz CT molecular complexity index is 1070. The minimum atomic E-state index is -1.02. The second kappa shape index (κ2) is 7.38. The van der Waals surface area contributed by atoms with Gasteiger partial charge in [-0.1, -0.05) is 0 Å². The van der Waals surface area contributed by atoms with E-state index in [1.807, 2.05) is 12.1 Å². The van der Waals surface area contributed by atoms with Crippen LogP contribution >= 0.6 is 11.3 Å². The Labute approximate surface area is 156 Å². The first-order valence-corrected chi connectivity index (χ1v) is 8.54. The molecular formula is C17H14N4O5S. The molecule has 0 saturated carbocycles. The lowest BCUT2D eigenvalue weighted by molar-refractivity contribution is -0.385. The highest BCUT2D eigenvalue weighted by Gasteiger charge is 2.18. The van der Waals surface area contributed by atoms with E-state index in [9.17, 15) is 19.7 Å². The third kappa shape index (κ3) is 3.85. The van der Waals surface area contributed by atoms with E-state index in [0.29, 0.717) is 5.69 Å². The van der Waals surface area contributed by atoms with Crippen molar-refractivity contribution in [1.82, 2.24) is 9.55 Å². The summed E-state index contributed by atoms with van der Waals surface area (Å²) in [6.45, 7) is -0.0204. The number of nitrogens with two attached hydrogens (primary N) is 1. The smallest absolute Gasteiger partial charge is 0.286 e. The van der Waals surface area contributed by atoms with E-state index in [4.69, 9.17) is 10.5 Å². The summed E-state index contributed by atoms with van der Waals surface area (Å²) in [4.78, 5) is 38.6. The van der Waals surface area contributed by atoms with Crippen molar-refractivity contribution in [3.05, 3.63) is 73.6 Å². The van der Waals surface area contributed by atoms with Crippen LogP contribution in [0, 0.1) is 10.1 Å². The molecule has 2 heterocycles. The third-order valence-corrected chi connectivity index (χ3v) is 4.71. The van der Waals surface area contributed by atoms with Gasteiger partial charge >= 0.3 is 0 Å². The zero-order chi connectivity index (χ0) is 19.6. The average molecular weight is 386 g/mol. The predicted molar refractivity (Wildman–Crippen MR) is 99.1 cm³/mol. The summed E-state index contributed by atoms with van der Waals surface area (Å²) in [5.41, 5.74) is 5.02. The number of benzene rings is 1. The van der Waals surface area contributed by atoms with Gasteiger partial charge in [-0.05, 0) is 24.3 Å². The molecule has 0 spiro atoms. The van der Waals surface area contributed by atoms with Gasteiger partial charge in [0, 0.05) is 17.0 Å². The van der Waals surface area contributed by atoms with Crippen molar-refractivity contribution in [2.45, 2.75) is 6.54 Å². The maximum atomic E-state index is 12.3. The second-order valence-corrected chi connectivity index (χ2v) is 6.40. The summed E-state index contributed by atoms with van der Waals surface area (Å²) in [7, 11) is 1.58. The van der Waals surface area contributed by atoms with Gasteiger partial charge in [0.1, 0.15) is 16.3 Å². The van der Waals surface area contributed by atoms with Crippen LogP contribution in [-0.2, 0) is 6.54 Å². The molecule has 3 rings (SSSR count). The molecule has 0 saturated heterocycles. The van der Waals surface area contributed by atoms with Gasteiger partial charge in [-0.15, -0.1) is 11.3 Å². The Kier molecular flexibility index (Phi) is 4.99. The Morgan fingerprint density at radius 3 is 2.67 bits per heavy atom. The molecule has 3 aromatic rings. The van der Waals surface area contributed by atoms with E-state index in [1.165, 1.54) is 11.3 Å². The van der Waals surface area contributed by atoms with E-state index >= 15 is 0 Å². The third-order valence-electron chi connectivity index (χ3n) is 3.77. The minimum Gasteiger partial charge on any atom is -0.497 e. The number of carbonyl (C=O) groups excluding carboxylic acids is 1. The first-order chi connectivity index (χ1) is 12.9. The highest BCUT2D eigenvalue weighted by atomic mass is 32.1. The molecule has 1 amide bonds. The van der Waals surface area contributed by atoms with Crippen molar-refractivity contribution >= 4 is 22.9 Å². The number of pyridine rings is 1. The fraction of sp³-hybridized carbons (Fsp3) is 0.118. The van der Waals surface area contributed by atoms with Crippen LogP contribution in [0.4, 0.5) is 5.69 Å². The fourth-order valence-electron chi connectivity index (χ4n) is 2.43. The maximum Gasteiger partial charge on any atom is 0.286 e. The van der Waals surface area contributed by atoms with Crippen LogP contribution in [0.1, 0.15) is 16.1 Å². The van der Waals surface area contributed by atoms with E-state index in [2.05, 4.69) is 4.98 Å². The number of thiazole rings is 1. The van der Waals surface area contributed by atoms with Crippen molar-refractivity contribution in [2.24, 2.45) is 5.73 Å². The molecule has 10 heteroatoms. The number of nitrogens with zero attached hydrogens (tertiary/aromatic N) is 3. The van der Waals surface area contributed by atoms with Crippen molar-refractivity contribution in [2.75, 3.05) is 7.11 Å². The van der Waals surface area contributed by atoms with Gasteiger partial charge in [0.05, 0.1) is 30.5 Å². The first kappa shape index (κ1) is 18.3. The van der Waals surface area contributed by atoms with E-state index in [1.54, 1.807) is 24.6 Å². The van der Waals surface area contributed by atoms with Gasteiger partial charge in [0.15, 0.2) is 0 Å². The number of ether oxygens (including phenoxy) is 1. The maximum absolute atomic E-state index is 12.3. The van der Waals surface area contributed by atoms with Crippen molar-refractivity contribution in [3.8, 4) is 16.3 Å². The van der Waals surface area contributed by atoms with Crippen LogP contribution in [0.15, 0.2) is 46.7 Å². The molecule has 138 valence electrons. The van der Waals surface area contributed by atoms with Crippen LogP contribution in [0.5, 0.6) is 5.75 Å². The molecule has 9 nitrogen and oxygen atoms in total. The minimum absolute atomic E-state index is 0.0204. The van der Waals surface area contributed by atoms with Crippen LogP contribution in [0.25, 0.3) is 10.6 Å². The monoisotopic (exact) mass is 386 g/mol. The van der Waals surface area contributed by atoms with Crippen molar-refractivity contribution in [1.29, 1.82) is 0 Å². The number of carbonyl (C=O) groups is 1. The number of hydrogen-bond donors (Lipinski definition) is 1. The quantitative estimate of drug-likeness (QED) is 0.509. The summed E-state index contributed by atoms with van der Waals surface area (Å²) in [5.74, 6) is -0.299. The van der Waals surface area contributed by atoms with Crippen LogP contribution in [-0.4, -0.2) is 27.5 Å². The van der Waals surface area contributed by atoms with E-state index in [0.717, 1.165) is 33.2 Å². The Hall–Kier alpha value is -3.53. The zero-order valence-corrected chi connectivity index (χ0v) is 14.9. The Balaban J connectivity index is 1.93. The molecule has 0 aliphatic carbocycles. The molecule has 0 radical (unpaired) electrons. The molecular weight excluding hydrogens is 372 g/mol. The molecule has 0 bridgehead atoms. The number of hydrogen-bond acceptors (Lipinski definition) is 7. The SMILES string of the molecule is COc1ccc(-c2nc(Cn3cc([N+](=O)[O-])cc(C(N)=O)c3=O)cs2)cc1. The van der Waals surface area contributed by atoms with Crippen LogP contribution in [0.2, 0.25) is 0 Å². The first-order valence-electron chi connectivity index (χ1n) is 7.66. The summed E-state index contributed by atoms with van der Waals surface area (Å²) in [6, 6.07) is 8.20. The molecule has 1 aromatic carbocycles. The molecule has 0 aliphatic rings. The van der Waals surface area contributed by atoms with Crippen LogP contribution < -0.4 is 16.0 Å². The highest BCUT2D eigenvalue weighted by molar-refractivity contribution is 7.13. The second-order valence-electron chi connectivity index (χ2n) is 5.54. The standard InChI is InChI=1S/C17H14N4O5S/c1-26-13-4-2-10(3-5-13)16-19-11(9-27-16)7-20-8-12(21(24)25)6-14(15(18)22)17(20)23/h2-6,8-9H,7H2,1H3,(H2,18,22). The van der Waals surface area contributed by atoms with Crippen molar-refractivity contribution in [3.63, 3.8) is 0 Å². The van der Waals surface area contributed by atoms with Crippen molar-refractivity contribution < 1.29 is 14.5 Å². The lowest BCUT2D eigenvalue weighted by Crippen LogP contribution is -2.30. The molecule has 0 fully saturated rings. The number of methoxy groups -OCH3 is 1. The lowest BCUT2D eigenvalue weighted by Gasteiger charge is -2.05. The van der Waals surface area contributed by atoms with Gasteiger partial charge in [-0.3, -0.25) is 19.7 Å². The molecule has 0 atom stereocenters. The predicted octanol–water partition coefficient (Wildman–Crippen LogP) is 2.04. The van der Waals surface area contributed by atoms with Gasteiger partial charge in [-0.2, -0.15) is 0 Å². The number of nitro groups is 1. The van der Waals surface area contributed by atoms with Crippen LogP contribution in [0.3, 0.4) is 0 Å². The molecule has 2 aromatic heterocycles. The molecule has 0 aliphatic heterocycles. The Morgan fingerprint density at radius 1 is 1.37 bits per heavy atom. The van der Waals surface area contributed by atoms with E-state index in [-0.39, 0.29) is 6.54 Å². The largest absolute Gasteiger partial charge is 0.497 e. The van der Waals surface area contributed by atoms with Gasteiger partial charge in [0.25, 0.3) is 17.2 Å². The summed E-state index contributed by atoms with van der Waals surface area (Å²) >= 11 is 1.37. The summed E-state index contributed by atoms with van der Waals surface area (Å²) in [6.07, 6.45) is 1.07. The molecule has 0 unspecified atom stereocenters. The normalized spacial score (nSPS) is 10.6. The average Bonchev–Trinajstić information content (AvgIpc) is 3.11. The lowest BCUT2D eigenvalue weighted by atomic mass is 10.2. The van der Waals surface area contributed by atoms with Gasteiger partial charge in [-0.25, -0.2) is 4.98 Å². The Morgan fingerprint density at radius 2 is 2.07 bits per heavy atom. The zero-order valence-electron chi connectivity index (χ0n) is 14.1. The summed E-state index contributed by atoms with van der Waals surface area (Å²) < 4.78 is 6.18. The van der Waals surface area contributed by atoms with Gasteiger partial charge < -0.3 is 15.0 Å². The number of aromatic nitrogens is 2. The fourth-order valence-corrected chi connectivity index (χ4v) is 3.25. The van der Waals surface area contributed by atoms with Gasteiger partial charge in [0.2, 0.25) is 0 Å². The topological polar surface area (TPSA) is 130 Å². The number of rotatable bonds is 6. The van der Waals surface area contributed by atoms with E-state index < -0.39 is 27.6 Å².